The quantitative estimate of drug-likeness (QED) is 0.483. The van der Waals surface area contributed by atoms with Crippen LogP contribution in [0.2, 0.25) is 0 Å². The van der Waals surface area contributed by atoms with Gasteiger partial charge in [-0.1, -0.05) is 33.0 Å². The summed E-state index contributed by atoms with van der Waals surface area (Å²) >= 11 is 0. The zero-order valence-electron chi connectivity index (χ0n) is 9.21. The van der Waals surface area contributed by atoms with Gasteiger partial charge in [-0.15, -0.1) is 0 Å². The molecule has 0 amide bonds. The van der Waals surface area contributed by atoms with Crippen LogP contribution >= 0.6 is 0 Å². The first-order chi connectivity index (χ1) is 4.75. The van der Waals surface area contributed by atoms with Crippen molar-refractivity contribution in [3.63, 3.8) is 0 Å². The van der Waals surface area contributed by atoms with Crippen LogP contribution in [0.1, 0.15) is 34.3 Å². The van der Waals surface area contributed by atoms with Crippen LogP contribution in [0.15, 0.2) is 0 Å². The van der Waals surface area contributed by atoms with E-state index >= 15 is 0 Å². The van der Waals surface area contributed by atoms with E-state index in [-0.39, 0.29) is 6.42 Å². The van der Waals surface area contributed by atoms with Gasteiger partial charge in [-0.25, -0.2) is 0 Å². The second kappa shape index (κ2) is 4.00. The van der Waals surface area contributed by atoms with Crippen LogP contribution in [-0.4, -0.2) is 0 Å². The van der Waals surface area contributed by atoms with E-state index in [1.807, 2.05) is 0 Å². The summed E-state index contributed by atoms with van der Waals surface area (Å²) in [5.74, 6) is 0. The maximum atomic E-state index is 7.14. The topological polar surface area (TPSA) is 0 Å². The molecule has 0 nitrogen and oxygen atoms in total. The lowest BCUT2D eigenvalue weighted by atomic mass is 10.3. The van der Waals surface area contributed by atoms with E-state index in [9.17, 15) is 0 Å². The Hall–Kier alpha value is 0. The molecule has 0 rings (SSSR count). The molecule has 0 aromatic rings. The highest BCUT2D eigenvalue weighted by Crippen LogP contribution is 1.87. The molecule has 0 saturated carbocycles. The second-order valence-corrected chi connectivity index (χ2v) is 0.655. The standard InChI is InChI=1S/C5H11/c1-3-5-4-2/h1,3-5H2,2H3/i1D2,3D2,5D2. The van der Waals surface area contributed by atoms with Gasteiger partial charge >= 0.3 is 0 Å². The zero-order chi connectivity index (χ0) is 9.28. The van der Waals surface area contributed by atoms with E-state index in [0.717, 1.165) is 0 Å². The summed E-state index contributed by atoms with van der Waals surface area (Å²) in [6.07, 6.45) is -4.63. The Bertz CT molecular complexity index is 129. The Kier molecular flexibility index (Phi) is 0.640. The van der Waals surface area contributed by atoms with Gasteiger partial charge in [0.1, 0.15) is 0 Å². The highest BCUT2D eigenvalue weighted by molar-refractivity contribution is 4.35. The molecule has 0 atom stereocenters. The minimum Gasteiger partial charge on any atom is -0.0654 e. The molecule has 0 saturated heterocycles. The average Bonchev–Trinajstić information content (AvgIpc) is 1.87. The summed E-state index contributed by atoms with van der Waals surface area (Å²) in [5.41, 5.74) is 0. The van der Waals surface area contributed by atoms with E-state index in [4.69, 9.17) is 8.22 Å². The molecule has 31 valence electrons. The Morgan fingerprint density at radius 2 is 3.00 bits per heavy atom. The Morgan fingerprint density at radius 1 is 2.20 bits per heavy atom. The van der Waals surface area contributed by atoms with Crippen LogP contribution in [0.25, 0.3) is 0 Å². The summed E-state index contributed by atoms with van der Waals surface area (Å²) in [5, 5.41) is 0. The molecule has 0 aliphatic carbocycles. The summed E-state index contributed by atoms with van der Waals surface area (Å²) < 4.78 is 41.8. The van der Waals surface area contributed by atoms with Crippen molar-refractivity contribution in [3.8, 4) is 0 Å². The van der Waals surface area contributed by atoms with Gasteiger partial charge in [0.2, 0.25) is 0 Å². The lowest BCUT2D eigenvalue weighted by Crippen LogP contribution is -1.59. The molecule has 0 spiro atoms. The third-order valence-corrected chi connectivity index (χ3v) is 0.265. The molecular formula is C5H11. The summed E-state index contributed by atoms with van der Waals surface area (Å²) in [6, 6.07) is 0. The highest BCUT2D eigenvalue weighted by atomic mass is 13.7. The van der Waals surface area contributed by atoms with Crippen LogP contribution in [0.4, 0.5) is 0 Å². The van der Waals surface area contributed by atoms with Crippen molar-refractivity contribution in [1.82, 2.24) is 0 Å². The smallest absolute Gasteiger partial charge is 0.0267 e. The van der Waals surface area contributed by atoms with Crippen molar-refractivity contribution < 1.29 is 8.22 Å². The van der Waals surface area contributed by atoms with Crippen molar-refractivity contribution in [2.45, 2.75) is 26.1 Å². The van der Waals surface area contributed by atoms with Crippen molar-refractivity contribution in [3.05, 3.63) is 6.88 Å². The van der Waals surface area contributed by atoms with Gasteiger partial charge in [-0.3, -0.25) is 0 Å². The molecule has 0 unspecified atom stereocenters. The lowest BCUT2D eigenvalue weighted by Gasteiger charge is -1.79. The number of hydrogen-bond donors (Lipinski definition) is 0. The van der Waals surface area contributed by atoms with Gasteiger partial charge in [0.15, 0.2) is 0 Å². The van der Waals surface area contributed by atoms with Crippen LogP contribution < -0.4 is 0 Å². The molecule has 0 aromatic carbocycles. The van der Waals surface area contributed by atoms with E-state index in [1.165, 1.54) is 6.92 Å². The highest BCUT2D eigenvalue weighted by Gasteiger charge is 1.68. The first-order valence-corrected chi connectivity index (χ1v) is 1.56. The molecule has 0 aromatic heterocycles. The van der Waals surface area contributed by atoms with Crippen molar-refractivity contribution in [1.29, 1.82) is 0 Å². The van der Waals surface area contributed by atoms with E-state index in [2.05, 4.69) is 0 Å². The van der Waals surface area contributed by atoms with Crippen molar-refractivity contribution in [2.75, 3.05) is 0 Å². The number of rotatable bonds is 3. The van der Waals surface area contributed by atoms with Crippen LogP contribution in [0.5, 0.6) is 0 Å². The molecule has 0 aliphatic rings. The maximum Gasteiger partial charge on any atom is 0.0267 e. The van der Waals surface area contributed by atoms with E-state index < -0.39 is 19.6 Å². The number of hydrogen-bond acceptors (Lipinski definition) is 0. The molecule has 0 heterocycles. The summed E-state index contributed by atoms with van der Waals surface area (Å²) in [6.45, 7) is 0.477. The first-order valence-electron chi connectivity index (χ1n) is 4.56. The zero-order valence-corrected chi connectivity index (χ0v) is 3.21. The van der Waals surface area contributed by atoms with Gasteiger partial charge in [0, 0.05) is 8.22 Å². The average molecular weight is 77.2 g/mol. The van der Waals surface area contributed by atoms with Gasteiger partial charge in [-0.2, -0.15) is 0 Å². The van der Waals surface area contributed by atoms with Crippen molar-refractivity contribution in [2.24, 2.45) is 0 Å². The minimum absolute atomic E-state index is 0.0404. The Morgan fingerprint density at radius 3 is 3.20 bits per heavy atom. The fraction of sp³-hybridized carbons (Fsp3) is 0.800. The van der Waals surface area contributed by atoms with Gasteiger partial charge in [0.25, 0.3) is 0 Å². The fourth-order valence-electron chi connectivity index (χ4n) is 0.0884. The molecule has 0 bridgehead atoms. The summed E-state index contributed by atoms with van der Waals surface area (Å²) in [7, 11) is 0. The second-order valence-electron chi connectivity index (χ2n) is 0.655. The first kappa shape index (κ1) is 0.800. The van der Waals surface area contributed by atoms with E-state index in [1.54, 1.807) is 0 Å². The van der Waals surface area contributed by atoms with Gasteiger partial charge in [-0.05, 0) is 0 Å². The monoisotopic (exact) mass is 77.1 g/mol. The van der Waals surface area contributed by atoms with Gasteiger partial charge in [0.05, 0.1) is 0 Å². The molecule has 0 heteroatoms. The Balaban J connectivity index is 4.53. The van der Waals surface area contributed by atoms with E-state index in [0.29, 0.717) is 0 Å². The fourth-order valence-corrected chi connectivity index (χ4v) is 0.0884. The molecule has 0 fully saturated rings. The largest absolute Gasteiger partial charge is 0.0654 e. The van der Waals surface area contributed by atoms with Crippen molar-refractivity contribution >= 4 is 0 Å². The van der Waals surface area contributed by atoms with Crippen LogP contribution in [0, 0.1) is 6.88 Å². The van der Waals surface area contributed by atoms with Crippen LogP contribution in [-0.2, 0) is 0 Å². The summed E-state index contributed by atoms with van der Waals surface area (Å²) in [4.78, 5) is 0. The Labute approximate surface area is 42.6 Å². The lowest BCUT2D eigenvalue weighted by molar-refractivity contribution is 0.813. The molecule has 0 aliphatic heterocycles. The normalized spacial score (nSPS) is 32.4. The minimum atomic E-state index is -2.47. The third-order valence-electron chi connectivity index (χ3n) is 0.265. The molecular weight excluding hydrogens is 60.1 g/mol. The molecule has 1 radical (unpaired) electrons. The maximum absolute atomic E-state index is 7.14. The molecule has 5 heavy (non-hydrogen) atoms. The predicted molar refractivity (Wildman–Crippen MR) is 24.9 cm³/mol. The predicted octanol–water partition coefficient (Wildman–Crippen LogP) is 2.01. The van der Waals surface area contributed by atoms with Crippen LogP contribution in [0.3, 0.4) is 0 Å². The van der Waals surface area contributed by atoms with Gasteiger partial charge < -0.3 is 0 Å². The molecule has 0 N–H and O–H groups in total. The SMILES string of the molecule is [2H][C]([2H])C([2H])([2H])C([2H])([2H])CC. The third kappa shape index (κ3) is 4.00.